The summed E-state index contributed by atoms with van der Waals surface area (Å²) < 4.78 is 13.4. The van der Waals surface area contributed by atoms with Gasteiger partial charge in [-0.3, -0.25) is 9.59 Å². The van der Waals surface area contributed by atoms with Gasteiger partial charge in [0.1, 0.15) is 11.3 Å². The summed E-state index contributed by atoms with van der Waals surface area (Å²) in [7, 11) is 3.31. The molecule has 7 heteroatoms. The van der Waals surface area contributed by atoms with E-state index in [0.717, 1.165) is 42.2 Å². The lowest BCUT2D eigenvalue weighted by atomic mass is 9.96. The lowest BCUT2D eigenvalue weighted by molar-refractivity contribution is -0.125. The van der Waals surface area contributed by atoms with Gasteiger partial charge in [0, 0.05) is 47.9 Å². The van der Waals surface area contributed by atoms with Crippen LogP contribution in [0.5, 0.6) is 11.5 Å². The number of H-pyrrole nitrogens is 1. The number of amides is 1. The van der Waals surface area contributed by atoms with Crippen LogP contribution in [0.2, 0.25) is 0 Å². The molecule has 1 aliphatic heterocycles. The minimum Gasteiger partial charge on any atom is -0.497 e. The Morgan fingerprint density at radius 3 is 2.72 bits per heavy atom. The number of nitrogens with zero attached hydrogens (tertiary/aromatic N) is 1. The fourth-order valence-electron chi connectivity index (χ4n) is 4.58. The number of anilines is 1. The van der Waals surface area contributed by atoms with Crippen molar-refractivity contribution < 1.29 is 14.3 Å². The van der Waals surface area contributed by atoms with E-state index in [0.29, 0.717) is 22.7 Å². The number of ether oxygens (including phenoxy) is 2. The smallest absolute Gasteiger partial charge is 0.274 e. The van der Waals surface area contributed by atoms with Gasteiger partial charge in [-0.25, -0.2) is 0 Å². The van der Waals surface area contributed by atoms with Gasteiger partial charge in [0.2, 0.25) is 0 Å². The van der Waals surface area contributed by atoms with Gasteiger partial charge < -0.3 is 24.3 Å². The standard InChI is InChI=1S/C22H23N3O4/c1-25-11-16(14-7-8-23-18(14)22(25)27)15-9-13(28-2)10-17-20(15)29-19(21(26)24-17)12-5-3-4-6-12/h7-12,19,23H,3-6H2,1-2H3,(H,24,26). The molecule has 29 heavy (non-hydrogen) atoms. The Hall–Kier alpha value is -3.22. The molecule has 1 unspecified atom stereocenters. The number of fused-ring (bicyclic) bond motifs is 2. The number of aromatic amines is 1. The SMILES string of the molecule is COc1cc2c(c(-c3cn(C)c(=O)c4[nH]ccc34)c1)OC(C1CCCC1)C(=O)N2. The van der Waals surface area contributed by atoms with E-state index >= 15 is 0 Å². The topological polar surface area (TPSA) is 85.3 Å². The van der Waals surface area contributed by atoms with Crippen molar-refractivity contribution in [2.24, 2.45) is 13.0 Å². The molecule has 0 bridgehead atoms. The number of hydrogen-bond donors (Lipinski definition) is 2. The summed E-state index contributed by atoms with van der Waals surface area (Å²) in [5.74, 6) is 1.37. The highest BCUT2D eigenvalue weighted by molar-refractivity contribution is 6.03. The molecule has 1 aliphatic carbocycles. The molecule has 3 aromatic rings. The van der Waals surface area contributed by atoms with Crippen molar-refractivity contribution in [2.75, 3.05) is 12.4 Å². The van der Waals surface area contributed by atoms with E-state index in [1.807, 2.05) is 12.1 Å². The van der Waals surface area contributed by atoms with E-state index in [2.05, 4.69) is 10.3 Å². The molecule has 1 fully saturated rings. The summed E-state index contributed by atoms with van der Waals surface area (Å²) in [5.41, 5.74) is 2.68. The molecule has 2 aromatic heterocycles. The molecule has 0 saturated heterocycles. The van der Waals surface area contributed by atoms with E-state index in [4.69, 9.17) is 9.47 Å². The van der Waals surface area contributed by atoms with E-state index in [1.165, 1.54) is 0 Å². The monoisotopic (exact) mass is 393 g/mol. The van der Waals surface area contributed by atoms with Crippen molar-refractivity contribution in [2.45, 2.75) is 31.8 Å². The Balaban J connectivity index is 1.72. The van der Waals surface area contributed by atoms with Crippen LogP contribution in [0, 0.1) is 5.92 Å². The average molecular weight is 393 g/mol. The Morgan fingerprint density at radius 1 is 1.17 bits per heavy atom. The highest BCUT2D eigenvalue weighted by atomic mass is 16.5. The summed E-state index contributed by atoms with van der Waals surface area (Å²) in [4.78, 5) is 28.2. The molecule has 0 radical (unpaired) electrons. The molecule has 5 rings (SSSR count). The maximum absolute atomic E-state index is 12.7. The number of nitrogens with one attached hydrogen (secondary N) is 2. The van der Waals surface area contributed by atoms with Crippen molar-refractivity contribution in [1.29, 1.82) is 0 Å². The van der Waals surface area contributed by atoms with Gasteiger partial charge in [-0.15, -0.1) is 0 Å². The molecule has 1 saturated carbocycles. The van der Waals surface area contributed by atoms with Crippen LogP contribution in [0.1, 0.15) is 25.7 Å². The minimum atomic E-state index is -0.494. The van der Waals surface area contributed by atoms with Crippen molar-refractivity contribution in [3.8, 4) is 22.6 Å². The van der Waals surface area contributed by atoms with Crippen molar-refractivity contribution in [1.82, 2.24) is 9.55 Å². The highest BCUT2D eigenvalue weighted by Gasteiger charge is 2.37. The number of aromatic nitrogens is 2. The van der Waals surface area contributed by atoms with Crippen molar-refractivity contribution in [3.63, 3.8) is 0 Å². The van der Waals surface area contributed by atoms with E-state index in [-0.39, 0.29) is 17.4 Å². The van der Waals surface area contributed by atoms with E-state index < -0.39 is 6.10 Å². The average Bonchev–Trinajstić information content (AvgIpc) is 3.41. The van der Waals surface area contributed by atoms with Crippen LogP contribution >= 0.6 is 0 Å². The molecular weight excluding hydrogens is 370 g/mol. The van der Waals surface area contributed by atoms with Crippen molar-refractivity contribution >= 4 is 22.5 Å². The fraction of sp³-hybridized carbons (Fsp3) is 0.364. The summed E-state index contributed by atoms with van der Waals surface area (Å²) in [6.07, 6.45) is 7.33. The van der Waals surface area contributed by atoms with Crippen LogP contribution in [0.3, 0.4) is 0 Å². The Bertz CT molecular complexity index is 1170. The van der Waals surface area contributed by atoms with Crippen LogP contribution in [0.25, 0.3) is 22.0 Å². The maximum Gasteiger partial charge on any atom is 0.274 e. The fourth-order valence-corrected chi connectivity index (χ4v) is 4.58. The Morgan fingerprint density at radius 2 is 1.97 bits per heavy atom. The highest BCUT2D eigenvalue weighted by Crippen LogP contribution is 2.46. The van der Waals surface area contributed by atoms with E-state index in [1.54, 1.807) is 37.2 Å². The zero-order chi connectivity index (χ0) is 20.1. The third kappa shape index (κ3) is 2.80. The maximum atomic E-state index is 12.7. The first-order chi connectivity index (χ1) is 14.1. The first-order valence-corrected chi connectivity index (χ1v) is 9.93. The van der Waals surface area contributed by atoms with Crippen LogP contribution in [0.15, 0.2) is 35.4 Å². The molecule has 2 N–H and O–H groups in total. The van der Waals surface area contributed by atoms with Gasteiger partial charge in [0.15, 0.2) is 11.9 Å². The van der Waals surface area contributed by atoms with Crippen molar-refractivity contribution in [3.05, 3.63) is 40.9 Å². The molecule has 0 spiro atoms. The minimum absolute atomic E-state index is 0.0939. The number of methoxy groups -OCH3 is 1. The molecule has 1 amide bonds. The van der Waals surface area contributed by atoms with Gasteiger partial charge in [0.05, 0.1) is 12.8 Å². The molecule has 7 nitrogen and oxygen atoms in total. The molecule has 150 valence electrons. The first-order valence-electron chi connectivity index (χ1n) is 9.93. The predicted octanol–water partition coefficient (Wildman–Crippen LogP) is 3.43. The summed E-state index contributed by atoms with van der Waals surface area (Å²) in [6.45, 7) is 0. The number of hydrogen-bond acceptors (Lipinski definition) is 4. The number of carbonyl (C=O) groups is 1. The molecule has 1 aromatic carbocycles. The zero-order valence-electron chi connectivity index (χ0n) is 16.5. The number of pyridine rings is 1. The predicted molar refractivity (Wildman–Crippen MR) is 111 cm³/mol. The normalized spacial score (nSPS) is 19.1. The first kappa shape index (κ1) is 17.8. The lowest BCUT2D eigenvalue weighted by Gasteiger charge is -2.31. The number of benzene rings is 1. The van der Waals surface area contributed by atoms with Gasteiger partial charge in [-0.1, -0.05) is 12.8 Å². The molecule has 2 aliphatic rings. The Kier molecular flexibility index (Phi) is 4.12. The zero-order valence-corrected chi connectivity index (χ0v) is 16.5. The number of rotatable bonds is 3. The third-order valence-corrected chi connectivity index (χ3v) is 6.07. The third-order valence-electron chi connectivity index (χ3n) is 6.07. The lowest BCUT2D eigenvalue weighted by Crippen LogP contribution is -2.41. The summed E-state index contributed by atoms with van der Waals surface area (Å²) in [5, 5.41) is 3.83. The van der Waals surface area contributed by atoms with E-state index in [9.17, 15) is 9.59 Å². The second-order valence-electron chi connectivity index (χ2n) is 7.85. The van der Waals surface area contributed by atoms with Crippen LogP contribution < -0.4 is 20.3 Å². The van der Waals surface area contributed by atoms with Gasteiger partial charge >= 0.3 is 0 Å². The Labute approximate surface area is 167 Å². The number of carbonyl (C=O) groups excluding carboxylic acids is 1. The largest absolute Gasteiger partial charge is 0.497 e. The van der Waals surface area contributed by atoms with Crippen LogP contribution in [-0.2, 0) is 11.8 Å². The quantitative estimate of drug-likeness (QED) is 0.714. The molecule has 1 atom stereocenters. The summed E-state index contributed by atoms with van der Waals surface area (Å²) in [6, 6.07) is 5.56. The molecular formula is C22H23N3O4. The molecule has 3 heterocycles. The second-order valence-corrected chi connectivity index (χ2v) is 7.85. The van der Waals surface area contributed by atoms with Crippen LogP contribution in [0.4, 0.5) is 5.69 Å². The number of aryl methyl sites for hydroxylation is 1. The second kappa shape index (κ2) is 6.69. The van der Waals surface area contributed by atoms with Gasteiger partial charge in [-0.05, 0) is 25.0 Å². The van der Waals surface area contributed by atoms with Crippen LogP contribution in [-0.4, -0.2) is 28.7 Å². The summed E-state index contributed by atoms with van der Waals surface area (Å²) >= 11 is 0. The van der Waals surface area contributed by atoms with Gasteiger partial charge in [0.25, 0.3) is 11.5 Å². The van der Waals surface area contributed by atoms with Gasteiger partial charge in [-0.2, -0.15) is 0 Å².